The summed E-state index contributed by atoms with van der Waals surface area (Å²) in [6, 6.07) is 13.4. The van der Waals surface area contributed by atoms with Crippen molar-refractivity contribution in [1.29, 1.82) is 0 Å². The molecule has 0 fully saturated rings. The molecule has 0 aliphatic carbocycles. The highest BCUT2D eigenvalue weighted by molar-refractivity contribution is 7.80. The van der Waals surface area contributed by atoms with Crippen molar-refractivity contribution in [1.82, 2.24) is 10.2 Å². The normalized spacial score (nSPS) is 10.0. The van der Waals surface area contributed by atoms with E-state index < -0.39 is 0 Å². The van der Waals surface area contributed by atoms with Gasteiger partial charge in [-0.2, -0.15) is 0 Å². The van der Waals surface area contributed by atoms with Crippen molar-refractivity contribution in [2.45, 2.75) is 6.54 Å². The van der Waals surface area contributed by atoms with Crippen LogP contribution in [0.4, 0.5) is 10.1 Å². The lowest BCUT2D eigenvalue weighted by Crippen LogP contribution is -2.28. The summed E-state index contributed by atoms with van der Waals surface area (Å²) in [5, 5.41) is 6.46. The molecular formula is C17H18FN3OS. The summed E-state index contributed by atoms with van der Waals surface area (Å²) in [4.78, 5) is 13.3. The molecule has 1 amide bonds. The lowest BCUT2D eigenvalue weighted by molar-refractivity contribution is 0.0827. The van der Waals surface area contributed by atoms with Crippen LogP contribution in [0.2, 0.25) is 0 Å². The number of benzene rings is 2. The van der Waals surface area contributed by atoms with Gasteiger partial charge in [-0.05, 0) is 54.2 Å². The van der Waals surface area contributed by atoms with Crippen molar-refractivity contribution in [3.63, 3.8) is 0 Å². The number of hydrogen-bond acceptors (Lipinski definition) is 2. The summed E-state index contributed by atoms with van der Waals surface area (Å²) in [6.07, 6.45) is 0. The Balaban J connectivity index is 1.89. The molecule has 0 saturated heterocycles. The zero-order valence-corrected chi connectivity index (χ0v) is 13.8. The standard InChI is InChI=1S/C17H18FN3OS/c1-21(2)16(22)13-6-8-15(9-7-13)20-17(23)19-11-12-4-3-5-14(18)10-12/h3-10H,11H2,1-2H3,(H2,19,20,23). The predicted octanol–water partition coefficient (Wildman–Crippen LogP) is 3.01. The Morgan fingerprint density at radius 2 is 1.87 bits per heavy atom. The van der Waals surface area contributed by atoms with Crippen LogP contribution in [-0.2, 0) is 6.54 Å². The molecule has 0 bridgehead atoms. The number of amides is 1. The van der Waals surface area contributed by atoms with Crippen LogP contribution in [-0.4, -0.2) is 30.0 Å². The number of halogens is 1. The number of nitrogens with zero attached hydrogens (tertiary/aromatic N) is 1. The Hall–Kier alpha value is -2.47. The van der Waals surface area contributed by atoms with E-state index in [2.05, 4.69) is 10.6 Å². The smallest absolute Gasteiger partial charge is 0.253 e. The molecule has 0 atom stereocenters. The number of rotatable bonds is 4. The molecule has 4 nitrogen and oxygen atoms in total. The second-order valence-corrected chi connectivity index (χ2v) is 5.62. The summed E-state index contributed by atoms with van der Waals surface area (Å²) in [7, 11) is 3.42. The third kappa shape index (κ3) is 5.03. The highest BCUT2D eigenvalue weighted by Crippen LogP contribution is 2.11. The number of hydrogen-bond donors (Lipinski definition) is 2. The maximum absolute atomic E-state index is 13.1. The van der Waals surface area contributed by atoms with E-state index in [0.29, 0.717) is 17.2 Å². The molecule has 0 aromatic heterocycles. The van der Waals surface area contributed by atoms with E-state index in [-0.39, 0.29) is 11.7 Å². The fourth-order valence-corrected chi connectivity index (χ4v) is 2.15. The molecule has 0 radical (unpaired) electrons. The topological polar surface area (TPSA) is 44.4 Å². The highest BCUT2D eigenvalue weighted by Gasteiger charge is 2.07. The molecule has 23 heavy (non-hydrogen) atoms. The van der Waals surface area contributed by atoms with Gasteiger partial charge in [-0.1, -0.05) is 12.1 Å². The molecule has 6 heteroatoms. The number of carbonyl (C=O) groups excluding carboxylic acids is 1. The summed E-state index contributed by atoms with van der Waals surface area (Å²) < 4.78 is 13.1. The van der Waals surface area contributed by atoms with Gasteiger partial charge in [0.2, 0.25) is 0 Å². The quantitative estimate of drug-likeness (QED) is 0.846. The fraction of sp³-hybridized carbons (Fsp3) is 0.176. The van der Waals surface area contributed by atoms with Crippen molar-refractivity contribution in [3.8, 4) is 0 Å². The Labute approximate surface area is 140 Å². The van der Waals surface area contributed by atoms with Gasteiger partial charge in [-0.15, -0.1) is 0 Å². The van der Waals surface area contributed by atoms with Gasteiger partial charge in [0.25, 0.3) is 5.91 Å². The Morgan fingerprint density at radius 3 is 2.48 bits per heavy atom. The van der Waals surface area contributed by atoms with Crippen molar-refractivity contribution in [3.05, 3.63) is 65.5 Å². The van der Waals surface area contributed by atoms with Gasteiger partial charge in [-0.3, -0.25) is 4.79 Å². The Kier molecular flexibility index (Phi) is 5.65. The van der Waals surface area contributed by atoms with E-state index in [0.717, 1.165) is 11.3 Å². The van der Waals surface area contributed by atoms with E-state index in [1.807, 2.05) is 6.07 Å². The van der Waals surface area contributed by atoms with Crippen molar-refractivity contribution in [2.75, 3.05) is 19.4 Å². The lowest BCUT2D eigenvalue weighted by atomic mass is 10.2. The average molecular weight is 331 g/mol. The second kappa shape index (κ2) is 7.69. The summed E-state index contributed by atoms with van der Waals surface area (Å²) >= 11 is 5.20. The van der Waals surface area contributed by atoms with E-state index in [1.165, 1.54) is 17.0 Å². The molecule has 2 aromatic rings. The van der Waals surface area contributed by atoms with E-state index in [1.54, 1.807) is 44.4 Å². The number of anilines is 1. The van der Waals surface area contributed by atoms with Crippen LogP contribution in [0.3, 0.4) is 0 Å². The molecule has 2 rings (SSSR count). The minimum absolute atomic E-state index is 0.0524. The molecule has 0 aliphatic rings. The van der Waals surface area contributed by atoms with Crippen LogP contribution in [0, 0.1) is 5.82 Å². The molecule has 0 aliphatic heterocycles. The summed E-state index contributed by atoms with van der Waals surface area (Å²) in [5.74, 6) is -0.326. The largest absolute Gasteiger partial charge is 0.358 e. The van der Waals surface area contributed by atoms with E-state index in [9.17, 15) is 9.18 Å². The zero-order chi connectivity index (χ0) is 16.8. The van der Waals surface area contributed by atoms with Gasteiger partial charge < -0.3 is 15.5 Å². The average Bonchev–Trinajstić information content (AvgIpc) is 2.53. The third-order valence-corrected chi connectivity index (χ3v) is 3.38. The first-order valence-electron chi connectivity index (χ1n) is 7.07. The number of nitrogens with one attached hydrogen (secondary N) is 2. The van der Waals surface area contributed by atoms with Crippen LogP contribution in [0.15, 0.2) is 48.5 Å². The monoisotopic (exact) mass is 331 g/mol. The van der Waals surface area contributed by atoms with Gasteiger partial charge in [0.1, 0.15) is 5.82 Å². The molecule has 0 unspecified atom stereocenters. The molecule has 2 aromatic carbocycles. The first-order chi connectivity index (χ1) is 11.0. The first kappa shape index (κ1) is 16.9. The first-order valence-corrected chi connectivity index (χ1v) is 7.47. The zero-order valence-electron chi connectivity index (χ0n) is 13.0. The van der Waals surface area contributed by atoms with Crippen LogP contribution in [0.5, 0.6) is 0 Å². The van der Waals surface area contributed by atoms with Crippen LogP contribution < -0.4 is 10.6 Å². The Bertz CT molecular complexity index is 701. The van der Waals surface area contributed by atoms with Crippen LogP contribution in [0.25, 0.3) is 0 Å². The van der Waals surface area contributed by atoms with Gasteiger partial charge in [0.05, 0.1) is 0 Å². The Morgan fingerprint density at radius 1 is 1.17 bits per heavy atom. The number of carbonyl (C=O) groups is 1. The van der Waals surface area contributed by atoms with Gasteiger partial charge >= 0.3 is 0 Å². The van der Waals surface area contributed by atoms with E-state index >= 15 is 0 Å². The number of thiocarbonyl (C=S) groups is 1. The molecular weight excluding hydrogens is 313 g/mol. The molecule has 0 spiro atoms. The van der Waals surface area contributed by atoms with Crippen LogP contribution in [0.1, 0.15) is 15.9 Å². The molecule has 0 heterocycles. The lowest BCUT2D eigenvalue weighted by Gasteiger charge is -2.12. The second-order valence-electron chi connectivity index (χ2n) is 5.21. The van der Waals surface area contributed by atoms with E-state index in [4.69, 9.17) is 12.2 Å². The minimum Gasteiger partial charge on any atom is -0.358 e. The fourth-order valence-electron chi connectivity index (χ4n) is 1.96. The SMILES string of the molecule is CN(C)C(=O)c1ccc(NC(=S)NCc2cccc(F)c2)cc1. The van der Waals surface area contributed by atoms with Crippen LogP contribution >= 0.6 is 12.2 Å². The van der Waals surface area contributed by atoms with Crippen molar-refractivity contribution < 1.29 is 9.18 Å². The van der Waals surface area contributed by atoms with Crippen molar-refractivity contribution in [2.24, 2.45) is 0 Å². The van der Waals surface area contributed by atoms with Gasteiger partial charge in [0, 0.05) is 31.9 Å². The third-order valence-electron chi connectivity index (χ3n) is 3.14. The minimum atomic E-state index is -0.274. The molecule has 0 saturated carbocycles. The molecule has 120 valence electrons. The van der Waals surface area contributed by atoms with Gasteiger partial charge in [0.15, 0.2) is 5.11 Å². The van der Waals surface area contributed by atoms with Gasteiger partial charge in [-0.25, -0.2) is 4.39 Å². The summed E-state index contributed by atoms with van der Waals surface area (Å²) in [6.45, 7) is 0.431. The predicted molar refractivity (Wildman–Crippen MR) is 93.9 cm³/mol. The maximum atomic E-state index is 13.1. The van der Waals surface area contributed by atoms with Crippen molar-refractivity contribution >= 4 is 28.9 Å². The maximum Gasteiger partial charge on any atom is 0.253 e. The summed E-state index contributed by atoms with van der Waals surface area (Å²) in [5.41, 5.74) is 2.19. The molecule has 2 N–H and O–H groups in total. The highest BCUT2D eigenvalue weighted by atomic mass is 32.1.